The molecule has 0 aromatic heterocycles. The second kappa shape index (κ2) is 6.26. The van der Waals surface area contributed by atoms with Crippen LogP contribution in [0.2, 0.25) is 0 Å². The van der Waals surface area contributed by atoms with Crippen LogP contribution in [0.3, 0.4) is 0 Å². The highest BCUT2D eigenvalue weighted by Gasteiger charge is 1.92. The lowest BCUT2D eigenvalue weighted by Crippen LogP contribution is -2.41. The number of hydrogen-bond acceptors (Lipinski definition) is 2. The molecule has 0 rings (SSSR count). The molecule has 0 saturated heterocycles. The molecule has 12 heavy (non-hydrogen) atoms. The molecule has 0 radical (unpaired) electrons. The van der Waals surface area contributed by atoms with E-state index in [2.05, 4.69) is 20.9 Å². The van der Waals surface area contributed by atoms with Crippen molar-refractivity contribution in [1.82, 2.24) is 16.0 Å². The van der Waals surface area contributed by atoms with Crippen molar-refractivity contribution in [1.29, 1.82) is 0 Å². The molecule has 0 spiro atoms. The highest BCUT2D eigenvalue weighted by atomic mass is 16.2. The lowest BCUT2D eigenvalue weighted by molar-refractivity contribution is 0.249. The van der Waals surface area contributed by atoms with Gasteiger partial charge in [0, 0.05) is 27.2 Å². The fraction of sp³-hybridized carbons (Fsp3) is 0.667. The zero-order chi connectivity index (χ0) is 9.40. The smallest absolute Gasteiger partial charge is 0.312 e. The average Bonchev–Trinajstić information content (AvgIpc) is 2.04. The molecule has 0 heterocycles. The summed E-state index contributed by atoms with van der Waals surface area (Å²) in [5, 5.41) is 8.22. The second-order valence-electron chi connectivity index (χ2n) is 2.04. The van der Waals surface area contributed by atoms with Gasteiger partial charge < -0.3 is 21.7 Å². The molecule has 5 N–H and O–H groups in total. The number of nitrogens with one attached hydrogen (secondary N) is 3. The van der Waals surface area contributed by atoms with Gasteiger partial charge in [-0.1, -0.05) is 0 Å². The first-order valence-electron chi connectivity index (χ1n) is 3.62. The molecule has 0 aliphatic carbocycles. The van der Waals surface area contributed by atoms with Gasteiger partial charge in [0.1, 0.15) is 0 Å². The van der Waals surface area contributed by atoms with Crippen molar-refractivity contribution in [3.05, 3.63) is 0 Å². The van der Waals surface area contributed by atoms with E-state index in [0.717, 1.165) is 0 Å². The van der Waals surface area contributed by atoms with E-state index < -0.39 is 6.03 Å². The van der Waals surface area contributed by atoms with Crippen molar-refractivity contribution in [3.63, 3.8) is 0 Å². The molecule has 0 unspecified atom stereocenters. The Kier molecular flexibility index (Phi) is 5.50. The molecule has 0 aromatic carbocycles. The van der Waals surface area contributed by atoms with Crippen molar-refractivity contribution in [2.45, 2.75) is 0 Å². The van der Waals surface area contributed by atoms with Gasteiger partial charge in [0.05, 0.1) is 0 Å². The summed E-state index contributed by atoms with van der Waals surface area (Å²) in [7, 11) is 3.43. The molecule has 0 fully saturated rings. The molecule has 0 aliphatic heterocycles. The molecule has 6 heteroatoms. The molecule has 70 valence electrons. The van der Waals surface area contributed by atoms with Crippen molar-refractivity contribution in [2.75, 3.05) is 27.2 Å². The van der Waals surface area contributed by atoms with Gasteiger partial charge in [-0.2, -0.15) is 0 Å². The van der Waals surface area contributed by atoms with Gasteiger partial charge in [-0.05, 0) is 0 Å². The molecule has 0 aliphatic rings. The third-order valence-corrected chi connectivity index (χ3v) is 1.18. The zero-order valence-corrected chi connectivity index (χ0v) is 7.35. The van der Waals surface area contributed by atoms with Crippen LogP contribution in [0, 0.1) is 0 Å². The van der Waals surface area contributed by atoms with Gasteiger partial charge in [-0.15, -0.1) is 0 Å². The second-order valence-corrected chi connectivity index (χ2v) is 2.04. The quantitative estimate of drug-likeness (QED) is 0.236. The number of carbonyl (C=O) groups is 1. The van der Waals surface area contributed by atoms with Crippen LogP contribution in [0.5, 0.6) is 0 Å². The average molecular weight is 173 g/mol. The number of primary amides is 1. The summed E-state index contributed by atoms with van der Waals surface area (Å²) in [6.07, 6.45) is 0. The van der Waals surface area contributed by atoms with E-state index in [1.807, 2.05) is 0 Å². The summed E-state index contributed by atoms with van der Waals surface area (Å²) in [5.41, 5.74) is 4.85. The summed E-state index contributed by atoms with van der Waals surface area (Å²) < 4.78 is 0. The third-order valence-electron chi connectivity index (χ3n) is 1.18. The summed E-state index contributed by atoms with van der Waals surface area (Å²) in [5.74, 6) is 0.682. The highest BCUT2D eigenvalue weighted by molar-refractivity contribution is 5.79. The minimum absolute atomic E-state index is 0.482. The maximum atomic E-state index is 10.2. The molecule has 6 nitrogen and oxygen atoms in total. The van der Waals surface area contributed by atoms with Gasteiger partial charge in [0.2, 0.25) is 0 Å². The monoisotopic (exact) mass is 173 g/mol. The van der Waals surface area contributed by atoms with E-state index in [4.69, 9.17) is 5.73 Å². The van der Waals surface area contributed by atoms with Crippen LogP contribution in [0.15, 0.2) is 4.99 Å². The largest absolute Gasteiger partial charge is 0.359 e. The molecule has 0 bridgehead atoms. The van der Waals surface area contributed by atoms with Crippen molar-refractivity contribution in [3.8, 4) is 0 Å². The Morgan fingerprint density at radius 2 is 2.00 bits per heavy atom. The van der Waals surface area contributed by atoms with Gasteiger partial charge in [0.25, 0.3) is 0 Å². The first-order valence-corrected chi connectivity index (χ1v) is 3.62. The maximum Gasteiger partial charge on any atom is 0.312 e. The van der Waals surface area contributed by atoms with Crippen LogP contribution < -0.4 is 21.7 Å². The minimum atomic E-state index is -0.517. The van der Waals surface area contributed by atoms with Crippen molar-refractivity contribution in [2.24, 2.45) is 10.7 Å². The Morgan fingerprint density at radius 3 is 2.42 bits per heavy atom. The summed E-state index contributed by atoms with van der Waals surface area (Å²) in [6.45, 7) is 1.08. The number of guanidine groups is 1. The third kappa shape index (κ3) is 5.33. The molecule has 0 atom stereocenters. The lowest BCUT2D eigenvalue weighted by atomic mass is 10.6. The predicted octanol–water partition coefficient (Wildman–Crippen LogP) is -1.55. The van der Waals surface area contributed by atoms with E-state index in [0.29, 0.717) is 19.0 Å². The summed E-state index contributed by atoms with van der Waals surface area (Å²) in [4.78, 5) is 14.1. The van der Waals surface area contributed by atoms with Crippen LogP contribution in [0.4, 0.5) is 4.79 Å². The van der Waals surface area contributed by atoms with E-state index in [9.17, 15) is 4.79 Å². The number of urea groups is 1. The SMILES string of the molecule is CN=C(NC)NCCNC(N)=O. The fourth-order valence-electron chi connectivity index (χ4n) is 0.646. The number of nitrogens with zero attached hydrogens (tertiary/aromatic N) is 1. The van der Waals surface area contributed by atoms with Crippen LogP contribution in [0.1, 0.15) is 0 Å². The molecule has 0 aromatic rings. The lowest BCUT2D eigenvalue weighted by Gasteiger charge is -2.07. The molecule has 0 saturated carbocycles. The summed E-state index contributed by atoms with van der Waals surface area (Å²) >= 11 is 0. The maximum absolute atomic E-state index is 10.2. The first kappa shape index (κ1) is 10.5. The standard InChI is InChI=1S/C6H15N5O/c1-8-6(9-2)11-4-3-10-5(7)12/h3-4H2,1-2H3,(H3,7,10,12)(H2,8,9,11). The molecular weight excluding hydrogens is 158 g/mol. The summed E-state index contributed by atoms with van der Waals surface area (Å²) in [6, 6.07) is -0.517. The van der Waals surface area contributed by atoms with Gasteiger partial charge >= 0.3 is 6.03 Å². The zero-order valence-electron chi connectivity index (χ0n) is 7.35. The number of rotatable bonds is 3. The molecular formula is C6H15N5O. The van der Waals surface area contributed by atoms with E-state index in [1.165, 1.54) is 0 Å². The van der Waals surface area contributed by atoms with E-state index in [-0.39, 0.29) is 0 Å². The highest BCUT2D eigenvalue weighted by Crippen LogP contribution is 1.63. The van der Waals surface area contributed by atoms with E-state index in [1.54, 1.807) is 14.1 Å². The Morgan fingerprint density at radius 1 is 1.42 bits per heavy atom. The number of aliphatic imine (C=N–C) groups is 1. The minimum Gasteiger partial charge on any atom is -0.359 e. The van der Waals surface area contributed by atoms with Gasteiger partial charge in [-0.25, -0.2) is 4.79 Å². The first-order chi connectivity index (χ1) is 5.70. The van der Waals surface area contributed by atoms with Gasteiger partial charge in [0.15, 0.2) is 5.96 Å². The number of hydrogen-bond donors (Lipinski definition) is 4. The Hall–Kier alpha value is -1.46. The van der Waals surface area contributed by atoms with Crippen LogP contribution in [-0.2, 0) is 0 Å². The Labute approximate surface area is 71.6 Å². The topological polar surface area (TPSA) is 91.5 Å². The van der Waals surface area contributed by atoms with Crippen molar-refractivity contribution >= 4 is 12.0 Å². The van der Waals surface area contributed by atoms with Crippen LogP contribution in [0.25, 0.3) is 0 Å². The normalized spacial score (nSPS) is 10.7. The Bertz CT molecular complexity index is 167. The van der Waals surface area contributed by atoms with Gasteiger partial charge in [-0.3, -0.25) is 4.99 Å². The fourth-order valence-corrected chi connectivity index (χ4v) is 0.646. The number of nitrogens with two attached hydrogens (primary N) is 1. The van der Waals surface area contributed by atoms with E-state index >= 15 is 0 Å². The van der Waals surface area contributed by atoms with Crippen molar-refractivity contribution < 1.29 is 4.79 Å². The number of amides is 2. The molecule has 2 amide bonds. The Balaban J connectivity index is 3.36. The van der Waals surface area contributed by atoms with Crippen LogP contribution >= 0.6 is 0 Å². The number of carbonyl (C=O) groups excluding carboxylic acids is 1. The van der Waals surface area contributed by atoms with Crippen LogP contribution in [-0.4, -0.2) is 39.2 Å². The predicted molar refractivity (Wildman–Crippen MR) is 48.0 cm³/mol.